The minimum atomic E-state index is -0.375. The normalized spacial score (nSPS) is 27.6. The Balaban J connectivity index is 1.67. The second-order valence-electron chi connectivity index (χ2n) is 5.92. The molecule has 3 aliphatic heterocycles. The Labute approximate surface area is 124 Å². The fraction of sp³-hybridized carbons (Fsp3) is 0.600. The molecule has 1 aromatic carbocycles. The average Bonchev–Trinajstić information content (AvgIpc) is 2.53. The molecule has 0 aromatic heterocycles. The maximum atomic E-state index is 11.0. The molecule has 21 heavy (non-hydrogen) atoms. The molecule has 0 saturated carbocycles. The highest BCUT2D eigenvalue weighted by atomic mass is 16.6. The summed E-state index contributed by atoms with van der Waals surface area (Å²) in [5.41, 5.74) is 0.984. The maximum absolute atomic E-state index is 11.0. The highest BCUT2D eigenvalue weighted by Crippen LogP contribution is 2.28. The number of benzene rings is 1. The van der Waals surface area contributed by atoms with Crippen LogP contribution in [0, 0.1) is 16.0 Å². The number of nitro groups is 1. The van der Waals surface area contributed by atoms with E-state index < -0.39 is 0 Å². The topological polar surface area (TPSA) is 67.6 Å². The Hall–Kier alpha value is -1.66. The highest BCUT2D eigenvalue weighted by molar-refractivity contribution is 5.42. The van der Waals surface area contributed by atoms with Crippen molar-refractivity contribution < 1.29 is 9.66 Å². The van der Waals surface area contributed by atoms with Crippen molar-refractivity contribution in [1.29, 1.82) is 0 Å². The Bertz CT molecular complexity index is 527. The zero-order valence-electron chi connectivity index (χ0n) is 12.2. The van der Waals surface area contributed by atoms with E-state index in [0.717, 1.165) is 18.0 Å². The van der Waals surface area contributed by atoms with Gasteiger partial charge in [0.1, 0.15) is 5.75 Å². The van der Waals surface area contributed by atoms with Crippen molar-refractivity contribution in [2.45, 2.75) is 25.4 Å². The van der Waals surface area contributed by atoms with E-state index >= 15 is 0 Å². The molecule has 1 atom stereocenters. The molecule has 1 unspecified atom stereocenters. The summed E-state index contributed by atoms with van der Waals surface area (Å²) < 4.78 is 5.15. The summed E-state index contributed by atoms with van der Waals surface area (Å²) in [5, 5.41) is 14.5. The minimum absolute atomic E-state index is 0.0834. The van der Waals surface area contributed by atoms with Crippen molar-refractivity contribution >= 4 is 5.69 Å². The van der Waals surface area contributed by atoms with Gasteiger partial charge in [-0.25, -0.2) is 0 Å². The fourth-order valence-electron chi connectivity index (χ4n) is 3.41. The van der Waals surface area contributed by atoms with E-state index in [4.69, 9.17) is 4.74 Å². The minimum Gasteiger partial charge on any atom is -0.496 e. The van der Waals surface area contributed by atoms with Gasteiger partial charge in [0.05, 0.1) is 18.1 Å². The number of methoxy groups -OCH3 is 1. The molecule has 6 nitrogen and oxygen atoms in total. The van der Waals surface area contributed by atoms with Gasteiger partial charge in [0, 0.05) is 25.2 Å². The van der Waals surface area contributed by atoms with Gasteiger partial charge < -0.3 is 15.0 Å². The lowest BCUT2D eigenvalue weighted by atomic mass is 9.84. The molecule has 3 saturated heterocycles. The number of nitrogens with zero attached hydrogens (tertiary/aromatic N) is 2. The molecule has 3 heterocycles. The van der Waals surface area contributed by atoms with Gasteiger partial charge in [0.15, 0.2) is 0 Å². The SMILES string of the molecule is COc1cc(CNC2CN3CCC2CC3)cc([N+](=O)[O-])c1. The lowest BCUT2D eigenvalue weighted by Gasteiger charge is -2.45. The number of non-ortho nitro benzene ring substituents is 1. The molecule has 114 valence electrons. The first-order valence-electron chi connectivity index (χ1n) is 7.44. The summed E-state index contributed by atoms with van der Waals surface area (Å²) in [6, 6.07) is 5.44. The molecule has 3 fully saturated rings. The van der Waals surface area contributed by atoms with Crippen LogP contribution in [0.25, 0.3) is 0 Å². The van der Waals surface area contributed by atoms with Crippen LogP contribution in [0.2, 0.25) is 0 Å². The number of hydrogen-bond acceptors (Lipinski definition) is 5. The van der Waals surface area contributed by atoms with E-state index in [1.54, 1.807) is 6.07 Å². The van der Waals surface area contributed by atoms with E-state index in [1.807, 2.05) is 6.07 Å². The zero-order chi connectivity index (χ0) is 14.8. The summed E-state index contributed by atoms with van der Waals surface area (Å²) >= 11 is 0. The van der Waals surface area contributed by atoms with Crippen LogP contribution in [0.5, 0.6) is 5.75 Å². The van der Waals surface area contributed by atoms with Gasteiger partial charge in [0.2, 0.25) is 0 Å². The Morgan fingerprint density at radius 2 is 2.14 bits per heavy atom. The Kier molecular flexibility index (Phi) is 4.07. The van der Waals surface area contributed by atoms with E-state index in [1.165, 1.54) is 39.1 Å². The van der Waals surface area contributed by atoms with Crippen molar-refractivity contribution in [2.24, 2.45) is 5.92 Å². The predicted molar refractivity (Wildman–Crippen MR) is 79.4 cm³/mol. The van der Waals surface area contributed by atoms with Crippen molar-refractivity contribution in [3.05, 3.63) is 33.9 Å². The molecular weight excluding hydrogens is 270 g/mol. The van der Waals surface area contributed by atoms with Gasteiger partial charge >= 0.3 is 0 Å². The second kappa shape index (κ2) is 5.99. The van der Waals surface area contributed by atoms with Gasteiger partial charge in [-0.3, -0.25) is 10.1 Å². The van der Waals surface area contributed by atoms with Crippen molar-refractivity contribution in [3.63, 3.8) is 0 Å². The van der Waals surface area contributed by atoms with Gasteiger partial charge in [-0.05, 0) is 43.5 Å². The smallest absolute Gasteiger partial charge is 0.273 e. The van der Waals surface area contributed by atoms with Crippen LogP contribution < -0.4 is 10.1 Å². The van der Waals surface area contributed by atoms with E-state index in [9.17, 15) is 10.1 Å². The number of ether oxygens (including phenoxy) is 1. The number of hydrogen-bond donors (Lipinski definition) is 1. The molecule has 6 heteroatoms. The standard InChI is InChI=1S/C15H21N3O3/c1-21-14-7-11(6-13(8-14)18(19)20)9-16-15-10-17-4-2-12(15)3-5-17/h6-8,12,15-16H,2-5,9-10H2,1H3. The van der Waals surface area contributed by atoms with Gasteiger partial charge in [-0.1, -0.05) is 0 Å². The molecule has 0 spiro atoms. The third kappa shape index (κ3) is 3.16. The van der Waals surface area contributed by atoms with Crippen LogP contribution in [0.1, 0.15) is 18.4 Å². The average molecular weight is 291 g/mol. The van der Waals surface area contributed by atoms with Crippen molar-refractivity contribution in [2.75, 3.05) is 26.7 Å². The van der Waals surface area contributed by atoms with E-state index in [0.29, 0.717) is 18.3 Å². The van der Waals surface area contributed by atoms with E-state index in [-0.39, 0.29) is 10.6 Å². The molecule has 0 aliphatic carbocycles. The number of piperidine rings is 3. The zero-order valence-corrected chi connectivity index (χ0v) is 12.2. The Morgan fingerprint density at radius 1 is 1.38 bits per heavy atom. The number of nitro benzene ring substituents is 1. The van der Waals surface area contributed by atoms with Crippen LogP contribution in [-0.2, 0) is 6.54 Å². The lowest BCUT2D eigenvalue weighted by molar-refractivity contribution is -0.385. The lowest BCUT2D eigenvalue weighted by Crippen LogP contribution is -2.55. The largest absolute Gasteiger partial charge is 0.496 e. The molecular formula is C15H21N3O3. The summed E-state index contributed by atoms with van der Waals surface area (Å²) in [6.45, 7) is 4.17. The van der Waals surface area contributed by atoms with Crippen LogP contribution >= 0.6 is 0 Å². The molecule has 1 N–H and O–H groups in total. The summed E-state index contributed by atoms with van der Waals surface area (Å²) in [5.74, 6) is 1.28. The van der Waals surface area contributed by atoms with Gasteiger partial charge in [-0.2, -0.15) is 0 Å². The third-order valence-electron chi connectivity index (χ3n) is 4.62. The quantitative estimate of drug-likeness (QED) is 0.661. The molecule has 0 amide bonds. The Morgan fingerprint density at radius 3 is 2.71 bits per heavy atom. The summed E-state index contributed by atoms with van der Waals surface area (Å²) in [6.07, 6.45) is 2.52. The monoisotopic (exact) mass is 291 g/mol. The molecule has 4 rings (SSSR count). The van der Waals surface area contributed by atoms with Gasteiger partial charge in [0.25, 0.3) is 5.69 Å². The molecule has 0 radical (unpaired) electrons. The van der Waals surface area contributed by atoms with Crippen LogP contribution in [-0.4, -0.2) is 42.6 Å². The summed E-state index contributed by atoms with van der Waals surface area (Å²) in [4.78, 5) is 13.1. The first-order valence-corrected chi connectivity index (χ1v) is 7.44. The van der Waals surface area contributed by atoms with Crippen molar-refractivity contribution in [1.82, 2.24) is 10.2 Å². The van der Waals surface area contributed by atoms with Crippen LogP contribution in [0.4, 0.5) is 5.69 Å². The summed E-state index contributed by atoms with van der Waals surface area (Å²) in [7, 11) is 1.53. The number of rotatable bonds is 5. The molecule has 3 aliphatic rings. The highest BCUT2D eigenvalue weighted by Gasteiger charge is 2.33. The first-order chi connectivity index (χ1) is 10.2. The van der Waals surface area contributed by atoms with Crippen LogP contribution in [0.15, 0.2) is 18.2 Å². The fourth-order valence-corrected chi connectivity index (χ4v) is 3.41. The van der Waals surface area contributed by atoms with Crippen molar-refractivity contribution in [3.8, 4) is 5.75 Å². The number of fused-ring (bicyclic) bond motifs is 3. The molecule has 2 bridgehead atoms. The number of nitrogens with one attached hydrogen (secondary N) is 1. The van der Waals surface area contributed by atoms with Gasteiger partial charge in [-0.15, -0.1) is 0 Å². The maximum Gasteiger partial charge on any atom is 0.273 e. The first kappa shape index (κ1) is 14.3. The van der Waals surface area contributed by atoms with E-state index in [2.05, 4.69) is 10.2 Å². The molecule has 1 aromatic rings. The predicted octanol–water partition coefficient (Wildman–Crippen LogP) is 1.79. The third-order valence-corrected chi connectivity index (χ3v) is 4.62. The van der Waals surface area contributed by atoms with Crippen LogP contribution in [0.3, 0.4) is 0 Å². The second-order valence-corrected chi connectivity index (χ2v) is 5.92.